The Morgan fingerprint density at radius 2 is 1.93 bits per heavy atom. The van der Waals surface area contributed by atoms with Crippen LogP contribution in [0.4, 0.5) is 8.78 Å². The van der Waals surface area contributed by atoms with E-state index < -0.39 is 11.7 Å². The fourth-order valence-electron chi connectivity index (χ4n) is 3.27. The summed E-state index contributed by atoms with van der Waals surface area (Å²) < 4.78 is 27.8. The molecule has 150 valence electrons. The Bertz CT molecular complexity index is 766. The Kier molecular flexibility index (Phi) is 10.4. The van der Waals surface area contributed by atoms with Gasteiger partial charge in [-0.05, 0) is 38.8 Å². The van der Waals surface area contributed by atoms with E-state index in [9.17, 15) is 8.78 Å². The summed E-state index contributed by atoms with van der Waals surface area (Å²) in [5, 5.41) is 12.2. The molecule has 2 rings (SSSR count). The second kappa shape index (κ2) is 12.3. The monoisotopic (exact) mass is 377 g/mol. The molecule has 1 saturated carbocycles. The molecule has 5 heteroatoms. The Morgan fingerprint density at radius 3 is 2.52 bits per heavy atom. The van der Waals surface area contributed by atoms with E-state index in [1.165, 1.54) is 25.3 Å². The number of rotatable bonds is 6. The molecule has 0 aliphatic heterocycles. The summed E-state index contributed by atoms with van der Waals surface area (Å²) in [6, 6.07) is 0.424. The van der Waals surface area contributed by atoms with Crippen LogP contribution in [0.1, 0.15) is 65.5 Å². The van der Waals surface area contributed by atoms with Crippen molar-refractivity contribution in [3.05, 3.63) is 52.7 Å². The van der Waals surface area contributed by atoms with Crippen molar-refractivity contribution >= 4 is 11.8 Å². The van der Waals surface area contributed by atoms with Crippen LogP contribution in [0.3, 0.4) is 0 Å². The van der Waals surface area contributed by atoms with E-state index in [1.807, 2.05) is 20.8 Å². The van der Waals surface area contributed by atoms with Gasteiger partial charge in [0.1, 0.15) is 5.83 Å². The predicted molar refractivity (Wildman–Crippen MR) is 111 cm³/mol. The summed E-state index contributed by atoms with van der Waals surface area (Å²) in [6.07, 6.45) is 11.9. The maximum Gasteiger partial charge on any atom is 0.154 e. The number of halogens is 2. The third kappa shape index (κ3) is 6.81. The van der Waals surface area contributed by atoms with Gasteiger partial charge in [-0.1, -0.05) is 51.8 Å². The van der Waals surface area contributed by atoms with Crippen LogP contribution in [-0.2, 0) is 6.42 Å². The Hall–Kier alpha value is -2.17. The first-order valence-corrected chi connectivity index (χ1v) is 9.87. The summed E-state index contributed by atoms with van der Waals surface area (Å²) in [4.78, 5) is 0. The zero-order valence-corrected chi connectivity index (χ0v) is 17.0. The highest BCUT2D eigenvalue weighted by Gasteiger charge is 2.15. The minimum atomic E-state index is -0.858. The largest absolute Gasteiger partial charge is 0.385 e. The number of nitrogens with zero attached hydrogens (tertiary/aromatic N) is 1. The number of aromatic amines is 1. The lowest BCUT2D eigenvalue weighted by atomic mass is 9.95. The van der Waals surface area contributed by atoms with Gasteiger partial charge in [0.15, 0.2) is 5.83 Å². The van der Waals surface area contributed by atoms with E-state index in [4.69, 9.17) is 0 Å². The minimum absolute atomic E-state index is 0.184. The van der Waals surface area contributed by atoms with Crippen LogP contribution in [0.2, 0.25) is 0 Å². The third-order valence-corrected chi connectivity index (χ3v) is 4.45. The summed E-state index contributed by atoms with van der Waals surface area (Å²) in [7, 11) is 0. The van der Waals surface area contributed by atoms with E-state index >= 15 is 0 Å². The summed E-state index contributed by atoms with van der Waals surface area (Å²) in [5.74, 6) is -1.68. The SMILES string of the molecule is C=C/C=c1/[nH]nc(C/C(F)=C(F)\C=C/C)/c1=C(/C)NC1CCCCC1.CC. The van der Waals surface area contributed by atoms with Crippen molar-refractivity contribution in [3.63, 3.8) is 0 Å². The number of hydrogen-bond acceptors (Lipinski definition) is 2. The molecule has 1 fully saturated rings. The number of allylic oxidation sites excluding steroid dienone is 5. The molecule has 0 bridgehead atoms. The molecule has 0 radical (unpaired) electrons. The van der Waals surface area contributed by atoms with E-state index in [0.29, 0.717) is 11.7 Å². The van der Waals surface area contributed by atoms with Crippen LogP contribution in [0, 0.1) is 0 Å². The molecule has 0 atom stereocenters. The van der Waals surface area contributed by atoms with Crippen molar-refractivity contribution in [2.45, 2.75) is 72.3 Å². The summed E-state index contributed by atoms with van der Waals surface area (Å²) >= 11 is 0. The molecule has 0 aromatic carbocycles. The highest BCUT2D eigenvalue weighted by atomic mass is 19.2. The van der Waals surface area contributed by atoms with E-state index in [-0.39, 0.29) is 6.42 Å². The summed E-state index contributed by atoms with van der Waals surface area (Å²) in [6.45, 7) is 11.3. The first-order valence-electron chi connectivity index (χ1n) is 9.87. The van der Waals surface area contributed by atoms with Crippen LogP contribution in [0.25, 0.3) is 11.8 Å². The lowest BCUT2D eigenvalue weighted by Gasteiger charge is -2.24. The van der Waals surface area contributed by atoms with Gasteiger partial charge < -0.3 is 5.32 Å². The second-order valence-electron chi connectivity index (χ2n) is 6.40. The Morgan fingerprint density at radius 1 is 1.26 bits per heavy atom. The summed E-state index contributed by atoms with van der Waals surface area (Å²) in [5.41, 5.74) is 1.43. The highest BCUT2D eigenvalue weighted by molar-refractivity contribution is 5.45. The normalized spacial score (nSPS) is 17.9. The molecule has 1 aromatic heterocycles. The van der Waals surface area contributed by atoms with Gasteiger partial charge in [0.2, 0.25) is 0 Å². The third-order valence-electron chi connectivity index (χ3n) is 4.45. The van der Waals surface area contributed by atoms with Crippen LogP contribution >= 0.6 is 0 Å². The van der Waals surface area contributed by atoms with Gasteiger partial charge in [0, 0.05) is 23.4 Å². The van der Waals surface area contributed by atoms with Crippen LogP contribution in [-0.4, -0.2) is 16.2 Å². The predicted octanol–water partition coefficient (Wildman–Crippen LogP) is 4.72. The van der Waals surface area contributed by atoms with Gasteiger partial charge in [-0.15, -0.1) is 0 Å². The molecule has 1 aromatic rings. The first-order chi connectivity index (χ1) is 13.1. The number of aromatic nitrogens is 2. The van der Waals surface area contributed by atoms with E-state index in [0.717, 1.165) is 35.2 Å². The molecular formula is C22H33F2N3. The zero-order valence-electron chi connectivity index (χ0n) is 17.0. The van der Waals surface area contributed by atoms with Gasteiger partial charge in [-0.2, -0.15) is 5.10 Å². The standard InChI is InChI=1S/C20H27F2N3.C2H6/c1-4-9-16(21)17(22)13-19-20(18(10-5-2)24-25-19)14(3)23-15-11-7-6-8-12-15;1-2/h4-5,9-10,15,23-24H,2,6-8,11-13H2,1,3H3;1-2H3/b9-4-,17-16-,18-10+,20-14-;. The molecule has 1 aliphatic rings. The van der Waals surface area contributed by atoms with Crippen molar-refractivity contribution in [3.8, 4) is 0 Å². The van der Waals surface area contributed by atoms with Gasteiger partial charge in [-0.3, -0.25) is 5.10 Å². The Balaban J connectivity index is 0.00000176. The molecule has 1 heterocycles. The fraction of sp³-hybridized carbons (Fsp3) is 0.500. The molecule has 0 spiro atoms. The molecular weight excluding hydrogens is 344 g/mol. The first kappa shape index (κ1) is 22.9. The van der Waals surface area contributed by atoms with Gasteiger partial charge in [0.05, 0.1) is 11.0 Å². The number of hydrogen-bond donors (Lipinski definition) is 2. The molecule has 3 nitrogen and oxygen atoms in total. The van der Waals surface area contributed by atoms with Crippen molar-refractivity contribution in [1.82, 2.24) is 15.5 Å². The maximum atomic E-state index is 14.1. The van der Waals surface area contributed by atoms with E-state index in [1.54, 1.807) is 19.1 Å². The molecule has 0 saturated heterocycles. The molecule has 1 aliphatic carbocycles. The van der Waals surface area contributed by atoms with Crippen LogP contribution < -0.4 is 15.9 Å². The quantitative estimate of drug-likeness (QED) is 0.704. The Labute approximate surface area is 161 Å². The van der Waals surface area contributed by atoms with E-state index in [2.05, 4.69) is 22.1 Å². The van der Waals surface area contributed by atoms with Crippen molar-refractivity contribution in [2.24, 2.45) is 0 Å². The smallest absolute Gasteiger partial charge is 0.154 e. The minimum Gasteiger partial charge on any atom is -0.385 e. The number of H-pyrrole nitrogens is 1. The van der Waals surface area contributed by atoms with Crippen molar-refractivity contribution in [2.75, 3.05) is 0 Å². The lowest BCUT2D eigenvalue weighted by molar-refractivity contribution is 0.407. The van der Waals surface area contributed by atoms with Crippen molar-refractivity contribution in [1.29, 1.82) is 0 Å². The van der Waals surface area contributed by atoms with Gasteiger partial charge in [-0.25, -0.2) is 8.78 Å². The number of nitrogens with one attached hydrogen (secondary N) is 2. The molecule has 0 amide bonds. The lowest BCUT2D eigenvalue weighted by Crippen LogP contribution is -2.37. The van der Waals surface area contributed by atoms with Crippen LogP contribution in [0.5, 0.6) is 0 Å². The van der Waals surface area contributed by atoms with Crippen LogP contribution in [0.15, 0.2) is 36.5 Å². The highest BCUT2D eigenvalue weighted by Crippen LogP contribution is 2.18. The fourth-order valence-corrected chi connectivity index (χ4v) is 3.27. The van der Waals surface area contributed by atoms with Gasteiger partial charge in [0.25, 0.3) is 0 Å². The molecule has 0 unspecified atom stereocenters. The topological polar surface area (TPSA) is 40.7 Å². The maximum absolute atomic E-state index is 14.1. The average Bonchev–Trinajstić information content (AvgIpc) is 3.07. The zero-order chi connectivity index (χ0) is 20.2. The van der Waals surface area contributed by atoms with Crippen molar-refractivity contribution < 1.29 is 8.78 Å². The van der Waals surface area contributed by atoms with Gasteiger partial charge >= 0.3 is 0 Å². The molecule has 27 heavy (non-hydrogen) atoms. The second-order valence-corrected chi connectivity index (χ2v) is 6.40. The average molecular weight is 378 g/mol. The molecule has 2 N–H and O–H groups in total.